The number of nitrogens with one attached hydrogen (secondary N) is 1. The van der Waals surface area contributed by atoms with Gasteiger partial charge < -0.3 is 5.32 Å². The Hall–Kier alpha value is -1.10. The summed E-state index contributed by atoms with van der Waals surface area (Å²) < 4.78 is 37.2. The highest BCUT2D eigenvalue weighted by Gasteiger charge is 2.41. The predicted octanol–water partition coefficient (Wildman–Crippen LogP) is 3.03. The Bertz CT molecular complexity index is 441. The van der Waals surface area contributed by atoms with E-state index in [2.05, 4.69) is 10.3 Å². The summed E-state index contributed by atoms with van der Waals surface area (Å²) in [7, 11) is 0. The number of fused-ring (bicyclic) bond motifs is 1. The number of hydrogen-bond donors (Lipinski definition) is 1. The van der Waals surface area contributed by atoms with E-state index < -0.39 is 11.7 Å². The number of rotatable bonds is 3. The van der Waals surface area contributed by atoms with Gasteiger partial charge in [0.2, 0.25) is 0 Å². The molecule has 0 radical (unpaired) electrons. The van der Waals surface area contributed by atoms with E-state index in [4.69, 9.17) is 0 Å². The van der Waals surface area contributed by atoms with E-state index in [-0.39, 0.29) is 0 Å². The van der Waals surface area contributed by atoms with Crippen molar-refractivity contribution >= 4 is 0 Å². The fourth-order valence-corrected chi connectivity index (χ4v) is 2.90. The highest BCUT2D eigenvalue weighted by atomic mass is 19.4. The monoisotopic (exact) mass is 270 g/mol. The standard InChI is InChI=1S/C14H17F3N2/c15-14(16,17)11-1-2-12(19-8-11)3-4-13-6-9-5-10(9)7-18-13/h1-2,8-10,13,18H,3-7H2. The van der Waals surface area contributed by atoms with Crippen LogP contribution in [0.3, 0.4) is 0 Å². The lowest BCUT2D eigenvalue weighted by Gasteiger charge is -2.22. The van der Waals surface area contributed by atoms with Gasteiger partial charge in [-0.25, -0.2) is 0 Å². The Morgan fingerprint density at radius 2 is 2.05 bits per heavy atom. The molecule has 104 valence electrons. The molecule has 1 saturated carbocycles. The van der Waals surface area contributed by atoms with Gasteiger partial charge in [-0.2, -0.15) is 13.2 Å². The van der Waals surface area contributed by atoms with E-state index in [9.17, 15) is 13.2 Å². The molecule has 2 heterocycles. The number of nitrogens with zero attached hydrogens (tertiary/aromatic N) is 1. The maximum Gasteiger partial charge on any atom is 0.417 e. The van der Waals surface area contributed by atoms with Crippen LogP contribution in [0.25, 0.3) is 0 Å². The minimum Gasteiger partial charge on any atom is -0.314 e. The molecule has 1 N–H and O–H groups in total. The first kappa shape index (κ1) is 12.9. The molecule has 0 amide bonds. The first-order valence-corrected chi connectivity index (χ1v) is 6.78. The molecule has 2 aliphatic rings. The molecule has 2 nitrogen and oxygen atoms in total. The molecule has 19 heavy (non-hydrogen) atoms. The van der Waals surface area contributed by atoms with Crippen LogP contribution in [0, 0.1) is 11.8 Å². The van der Waals surface area contributed by atoms with E-state index in [0.717, 1.165) is 49.2 Å². The Kier molecular flexibility index (Phi) is 3.25. The molecular formula is C14H17F3N2. The summed E-state index contributed by atoms with van der Waals surface area (Å²) >= 11 is 0. The second-order valence-electron chi connectivity index (χ2n) is 5.67. The van der Waals surface area contributed by atoms with Gasteiger partial charge in [0.05, 0.1) is 5.56 Å². The molecule has 3 rings (SSSR count). The number of hydrogen-bond acceptors (Lipinski definition) is 2. The molecule has 5 heteroatoms. The maximum absolute atomic E-state index is 12.4. The van der Waals surface area contributed by atoms with Gasteiger partial charge in [-0.15, -0.1) is 0 Å². The Morgan fingerprint density at radius 1 is 1.21 bits per heavy atom. The first-order valence-electron chi connectivity index (χ1n) is 6.78. The summed E-state index contributed by atoms with van der Waals surface area (Å²) in [6.45, 7) is 1.11. The van der Waals surface area contributed by atoms with E-state index in [1.807, 2.05) is 0 Å². The quantitative estimate of drug-likeness (QED) is 0.913. The van der Waals surface area contributed by atoms with Crippen LogP contribution in [-0.2, 0) is 12.6 Å². The normalized spacial score (nSPS) is 29.9. The lowest BCUT2D eigenvalue weighted by Crippen LogP contribution is -2.35. The van der Waals surface area contributed by atoms with Crippen LogP contribution in [0.15, 0.2) is 18.3 Å². The number of halogens is 3. The van der Waals surface area contributed by atoms with Crippen molar-refractivity contribution in [1.29, 1.82) is 0 Å². The van der Waals surface area contributed by atoms with E-state index in [1.54, 1.807) is 0 Å². The zero-order valence-corrected chi connectivity index (χ0v) is 10.6. The summed E-state index contributed by atoms with van der Waals surface area (Å²) in [6, 6.07) is 3.12. The van der Waals surface area contributed by atoms with Crippen LogP contribution in [0.4, 0.5) is 13.2 Å². The smallest absolute Gasteiger partial charge is 0.314 e. The fraction of sp³-hybridized carbons (Fsp3) is 0.643. The lowest BCUT2D eigenvalue weighted by atomic mass is 9.99. The SMILES string of the molecule is FC(F)(F)c1ccc(CCC2CC3CC3CN2)nc1. The summed E-state index contributed by atoms with van der Waals surface area (Å²) in [5, 5.41) is 3.51. The van der Waals surface area contributed by atoms with Gasteiger partial charge >= 0.3 is 6.18 Å². The van der Waals surface area contributed by atoms with Crippen molar-refractivity contribution in [3.63, 3.8) is 0 Å². The Morgan fingerprint density at radius 3 is 2.68 bits per heavy atom. The molecule has 1 aliphatic heterocycles. The highest BCUT2D eigenvalue weighted by Crippen LogP contribution is 2.44. The zero-order chi connectivity index (χ0) is 13.5. The van der Waals surface area contributed by atoms with Gasteiger partial charge in [0, 0.05) is 17.9 Å². The van der Waals surface area contributed by atoms with Gasteiger partial charge in [-0.05, 0) is 56.2 Å². The third-order valence-electron chi connectivity index (χ3n) is 4.23. The molecule has 3 atom stereocenters. The zero-order valence-electron chi connectivity index (χ0n) is 10.6. The van der Waals surface area contributed by atoms with E-state index in [0.29, 0.717) is 6.04 Å². The third-order valence-corrected chi connectivity index (χ3v) is 4.23. The third kappa shape index (κ3) is 3.08. The minimum absolute atomic E-state index is 0.507. The number of piperidine rings is 1. The average molecular weight is 270 g/mol. The Balaban J connectivity index is 1.52. The fourth-order valence-electron chi connectivity index (χ4n) is 2.90. The van der Waals surface area contributed by atoms with E-state index in [1.165, 1.54) is 18.9 Å². The molecule has 0 aromatic carbocycles. The molecule has 2 fully saturated rings. The summed E-state index contributed by atoms with van der Waals surface area (Å²) in [5.74, 6) is 1.78. The number of alkyl halides is 3. The van der Waals surface area contributed by atoms with Crippen molar-refractivity contribution in [3.8, 4) is 0 Å². The van der Waals surface area contributed by atoms with Crippen LogP contribution in [0.1, 0.15) is 30.5 Å². The second kappa shape index (κ2) is 4.78. The topological polar surface area (TPSA) is 24.9 Å². The molecule has 3 unspecified atom stereocenters. The second-order valence-corrected chi connectivity index (χ2v) is 5.67. The summed E-state index contributed by atoms with van der Waals surface area (Å²) in [5.41, 5.74) is 0.0700. The van der Waals surface area contributed by atoms with Crippen molar-refractivity contribution < 1.29 is 13.2 Å². The first-order chi connectivity index (χ1) is 9.02. The number of aryl methyl sites for hydroxylation is 1. The lowest BCUT2D eigenvalue weighted by molar-refractivity contribution is -0.137. The van der Waals surface area contributed by atoms with E-state index >= 15 is 0 Å². The maximum atomic E-state index is 12.4. The van der Waals surface area contributed by atoms with Crippen LogP contribution in [0.2, 0.25) is 0 Å². The van der Waals surface area contributed by atoms with Gasteiger partial charge in [-0.3, -0.25) is 4.98 Å². The van der Waals surface area contributed by atoms with Crippen LogP contribution >= 0.6 is 0 Å². The number of aromatic nitrogens is 1. The average Bonchev–Trinajstić information content (AvgIpc) is 3.14. The van der Waals surface area contributed by atoms with Gasteiger partial charge in [0.25, 0.3) is 0 Å². The van der Waals surface area contributed by atoms with Crippen molar-refractivity contribution in [3.05, 3.63) is 29.6 Å². The van der Waals surface area contributed by atoms with Crippen molar-refractivity contribution in [1.82, 2.24) is 10.3 Å². The number of pyridine rings is 1. The van der Waals surface area contributed by atoms with Crippen LogP contribution in [-0.4, -0.2) is 17.6 Å². The van der Waals surface area contributed by atoms with Crippen molar-refractivity contribution in [2.75, 3.05) is 6.54 Å². The van der Waals surface area contributed by atoms with Gasteiger partial charge in [0.15, 0.2) is 0 Å². The van der Waals surface area contributed by atoms with Crippen LogP contribution in [0.5, 0.6) is 0 Å². The highest BCUT2D eigenvalue weighted by molar-refractivity contribution is 5.17. The van der Waals surface area contributed by atoms with Gasteiger partial charge in [0.1, 0.15) is 0 Å². The minimum atomic E-state index is -4.29. The Labute approximate surface area is 110 Å². The summed E-state index contributed by atoms with van der Waals surface area (Å²) in [4.78, 5) is 3.91. The molecule has 1 aromatic heterocycles. The molecule has 1 aromatic rings. The van der Waals surface area contributed by atoms with Gasteiger partial charge in [-0.1, -0.05) is 0 Å². The molecular weight excluding hydrogens is 253 g/mol. The van der Waals surface area contributed by atoms with Crippen LogP contribution < -0.4 is 5.32 Å². The molecule has 1 aliphatic carbocycles. The predicted molar refractivity (Wildman–Crippen MR) is 65.6 cm³/mol. The van der Waals surface area contributed by atoms with Crippen molar-refractivity contribution in [2.45, 2.75) is 37.9 Å². The van der Waals surface area contributed by atoms with Crippen molar-refractivity contribution in [2.24, 2.45) is 11.8 Å². The molecule has 0 bridgehead atoms. The largest absolute Gasteiger partial charge is 0.417 e. The molecule has 1 saturated heterocycles. The molecule has 0 spiro atoms. The summed E-state index contributed by atoms with van der Waals surface area (Å²) in [6.07, 6.45) is 0.903.